The zero-order chi connectivity index (χ0) is 38.6. The van der Waals surface area contributed by atoms with E-state index in [1.165, 1.54) is 10.5 Å². The number of carbonyl (C=O) groups is 4. The number of nitrogens with zero attached hydrogens (tertiary/aromatic N) is 2. The number of nitrogens with one attached hydrogen (secondary N) is 2. The molecule has 3 saturated carbocycles. The summed E-state index contributed by atoms with van der Waals surface area (Å²) >= 11 is 0. The Morgan fingerprint density at radius 2 is 1.67 bits per heavy atom. The molecule has 1 saturated heterocycles. The average Bonchev–Trinajstić information content (AvgIpc) is 4.11. The van der Waals surface area contributed by atoms with Crippen molar-refractivity contribution in [2.75, 3.05) is 13.2 Å². The van der Waals surface area contributed by atoms with Crippen LogP contribution in [0.2, 0.25) is 0 Å². The molecule has 2 aliphatic heterocycles. The van der Waals surface area contributed by atoms with Gasteiger partial charge in [0.15, 0.2) is 0 Å². The van der Waals surface area contributed by atoms with E-state index < -0.39 is 62.6 Å². The van der Waals surface area contributed by atoms with Crippen LogP contribution < -0.4 is 14.8 Å². The second-order valence-electron chi connectivity index (χ2n) is 16.5. The third-order valence-electron chi connectivity index (χ3n) is 12.5. The lowest BCUT2D eigenvalue weighted by molar-refractivity contribution is -0.152. The molecule has 4 bridgehead atoms. The molecule has 13 heteroatoms. The van der Waals surface area contributed by atoms with Crippen molar-refractivity contribution in [1.29, 1.82) is 0 Å². The molecular weight excluding hydrogens is 721 g/mol. The van der Waals surface area contributed by atoms with Crippen LogP contribution in [0.3, 0.4) is 0 Å². The normalized spacial score (nSPS) is 29.0. The van der Waals surface area contributed by atoms with E-state index in [-0.39, 0.29) is 37.6 Å². The molecular formula is C42H56N4O8S. The summed E-state index contributed by atoms with van der Waals surface area (Å²) in [5, 5.41) is 4.09. The first-order valence-corrected chi connectivity index (χ1v) is 22.1. The molecule has 5 aliphatic rings. The Hall–Kier alpha value is -4.00. The molecule has 3 amide bonds. The molecule has 1 aromatic heterocycles. The summed E-state index contributed by atoms with van der Waals surface area (Å²) < 4.78 is 40.0. The number of carbonyl (C=O) groups excluding carboxylic acids is 4. The van der Waals surface area contributed by atoms with Crippen LogP contribution in [0.4, 0.5) is 0 Å². The fourth-order valence-corrected chi connectivity index (χ4v) is 10.3. The summed E-state index contributed by atoms with van der Waals surface area (Å²) in [5.74, 6) is -2.87. The van der Waals surface area contributed by atoms with Gasteiger partial charge in [-0.05, 0) is 80.4 Å². The Kier molecular flexibility index (Phi) is 12.1. The number of pyridine rings is 1. The van der Waals surface area contributed by atoms with Crippen molar-refractivity contribution in [3.8, 4) is 5.88 Å². The number of benzene rings is 1. The molecule has 298 valence electrons. The fraction of sp³-hybridized carbons (Fsp3) is 0.643. The molecule has 2 N–H and O–H groups in total. The Morgan fingerprint density at radius 3 is 2.40 bits per heavy atom. The summed E-state index contributed by atoms with van der Waals surface area (Å²) in [6, 6.07) is 7.24. The maximum absolute atomic E-state index is 14.8. The predicted molar refractivity (Wildman–Crippen MR) is 207 cm³/mol. The molecule has 1 aromatic carbocycles. The van der Waals surface area contributed by atoms with Gasteiger partial charge in [-0.1, -0.05) is 69.6 Å². The van der Waals surface area contributed by atoms with Gasteiger partial charge in [-0.3, -0.25) is 23.9 Å². The van der Waals surface area contributed by atoms with Crippen molar-refractivity contribution >= 4 is 44.5 Å². The van der Waals surface area contributed by atoms with Gasteiger partial charge in [0.1, 0.15) is 17.7 Å². The standard InChI is InChI=1S/C42H56N4O8S/c1-2-31-26-42(31,41(50)45-55(51,52)33-18-19-33)44-38(48)36-24-32-27-46(36)40(49)35(29-14-10-8-11-15-29)25-37(47)53-22-12-7-5-3-4-6-9-13-28-16-17-30-20-21-43-39(54-32)34(30)23-28/h2,16-17,20-21,23,29,31-33,35-36H,1,3-15,18-19,22,24-27H2,(H,44,48)(H,45,50)/t31-,32-,35+,36+,42-/m1/s1. The maximum Gasteiger partial charge on any atom is 0.306 e. The second-order valence-corrected chi connectivity index (χ2v) is 18.5. The van der Waals surface area contributed by atoms with Gasteiger partial charge in [0, 0.05) is 23.9 Å². The molecule has 3 heterocycles. The lowest BCUT2D eigenvalue weighted by atomic mass is 9.77. The number of ether oxygens (including phenoxy) is 2. The van der Waals surface area contributed by atoms with Crippen LogP contribution in [0.1, 0.15) is 115 Å². The highest BCUT2D eigenvalue weighted by atomic mass is 32.2. The minimum absolute atomic E-state index is 0.0421. The van der Waals surface area contributed by atoms with Crippen LogP contribution in [-0.4, -0.2) is 78.1 Å². The number of amides is 3. The molecule has 4 fully saturated rings. The average molecular weight is 777 g/mol. The first kappa shape index (κ1) is 39.2. The summed E-state index contributed by atoms with van der Waals surface area (Å²) in [4.78, 5) is 62.3. The number of sulfonamides is 1. The van der Waals surface area contributed by atoms with Gasteiger partial charge in [-0.2, -0.15) is 0 Å². The van der Waals surface area contributed by atoms with Crippen molar-refractivity contribution in [2.24, 2.45) is 17.8 Å². The zero-order valence-corrected chi connectivity index (χ0v) is 32.7. The van der Waals surface area contributed by atoms with Crippen LogP contribution in [0.25, 0.3) is 10.8 Å². The van der Waals surface area contributed by atoms with Gasteiger partial charge in [-0.15, -0.1) is 6.58 Å². The zero-order valence-electron chi connectivity index (χ0n) is 31.8. The van der Waals surface area contributed by atoms with E-state index >= 15 is 0 Å². The van der Waals surface area contributed by atoms with Crippen LogP contribution in [-0.2, 0) is 40.4 Å². The third kappa shape index (κ3) is 9.18. The number of hydrogen-bond donors (Lipinski definition) is 2. The van der Waals surface area contributed by atoms with Crippen LogP contribution in [0.5, 0.6) is 5.88 Å². The quantitative estimate of drug-likeness (QED) is 0.267. The van der Waals surface area contributed by atoms with E-state index in [0.29, 0.717) is 25.3 Å². The first-order chi connectivity index (χ1) is 26.6. The van der Waals surface area contributed by atoms with Crippen molar-refractivity contribution in [1.82, 2.24) is 19.9 Å². The van der Waals surface area contributed by atoms with E-state index in [2.05, 4.69) is 39.8 Å². The van der Waals surface area contributed by atoms with Gasteiger partial charge < -0.3 is 19.7 Å². The highest BCUT2D eigenvalue weighted by molar-refractivity contribution is 7.91. The number of cyclic esters (lactones) is 1. The lowest BCUT2D eigenvalue weighted by Gasteiger charge is -2.34. The summed E-state index contributed by atoms with van der Waals surface area (Å²) in [7, 11) is -3.87. The molecule has 7 rings (SSSR count). The summed E-state index contributed by atoms with van der Waals surface area (Å²) in [6.07, 6.45) is 16.6. The van der Waals surface area contributed by atoms with Crippen molar-refractivity contribution < 1.29 is 37.1 Å². The van der Waals surface area contributed by atoms with E-state index in [1.807, 2.05) is 6.07 Å². The minimum atomic E-state index is -3.87. The van der Waals surface area contributed by atoms with Gasteiger partial charge in [0.05, 0.1) is 30.7 Å². The Morgan fingerprint density at radius 1 is 0.945 bits per heavy atom. The van der Waals surface area contributed by atoms with Gasteiger partial charge in [-0.25, -0.2) is 13.4 Å². The van der Waals surface area contributed by atoms with E-state index in [9.17, 15) is 27.6 Å². The smallest absolute Gasteiger partial charge is 0.306 e. The second kappa shape index (κ2) is 17.0. The monoisotopic (exact) mass is 776 g/mol. The summed E-state index contributed by atoms with van der Waals surface area (Å²) in [5.41, 5.74) is -0.311. The molecule has 0 unspecified atom stereocenters. The maximum atomic E-state index is 14.8. The first-order valence-electron chi connectivity index (χ1n) is 20.6. The Bertz CT molecular complexity index is 1880. The number of rotatable bonds is 7. The van der Waals surface area contributed by atoms with Gasteiger partial charge in [0.2, 0.25) is 27.7 Å². The molecule has 12 nitrogen and oxygen atoms in total. The van der Waals surface area contributed by atoms with Crippen LogP contribution >= 0.6 is 0 Å². The highest BCUT2D eigenvalue weighted by Gasteiger charge is 2.62. The Balaban J connectivity index is 1.19. The number of esters is 1. The number of aromatic nitrogens is 1. The fourth-order valence-electron chi connectivity index (χ4n) is 8.93. The largest absolute Gasteiger partial charge is 0.472 e. The molecule has 3 aliphatic carbocycles. The van der Waals surface area contributed by atoms with E-state index in [1.54, 1.807) is 12.3 Å². The SMILES string of the molecule is C=C[C@@H]1C[C@]1(NC(=O)[C@@H]1C[C@@H]2CN1C(=O)[C@H](C1CCCCC1)CC(=O)OCCCCCCCCCc1ccc3ccnc(c3c1)O2)C(=O)NS(=O)(=O)C1CC1. The molecule has 0 radical (unpaired) electrons. The topological polar surface area (TPSA) is 161 Å². The van der Waals surface area contributed by atoms with Crippen molar-refractivity contribution in [3.63, 3.8) is 0 Å². The summed E-state index contributed by atoms with van der Waals surface area (Å²) in [6.45, 7) is 4.21. The van der Waals surface area contributed by atoms with Crippen LogP contribution in [0, 0.1) is 17.8 Å². The van der Waals surface area contributed by atoms with Gasteiger partial charge in [0.25, 0.3) is 5.91 Å². The minimum Gasteiger partial charge on any atom is -0.472 e. The van der Waals surface area contributed by atoms with Gasteiger partial charge >= 0.3 is 5.97 Å². The number of aryl methyl sites for hydroxylation is 1. The van der Waals surface area contributed by atoms with E-state index in [4.69, 9.17) is 9.47 Å². The molecule has 55 heavy (non-hydrogen) atoms. The third-order valence-corrected chi connectivity index (χ3v) is 14.3. The highest BCUT2D eigenvalue weighted by Crippen LogP contribution is 2.46. The molecule has 5 atom stereocenters. The molecule has 0 spiro atoms. The lowest BCUT2D eigenvalue weighted by Crippen LogP contribution is -2.57. The number of hydrogen-bond acceptors (Lipinski definition) is 9. The van der Waals surface area contributed by atoms with Crippen LogP contribution in [0.15, 0.2) is 43.1 Å². The van der Waals surface area contributed by atoms with E-state index in [0.717, 1.165) is 94.2 Å². The van der Waals surface area contributed by atoms with Crippen molar-refractivity contribution in [3.05, 3.63) is 48.7 Å². The predicted octanol–water partition coefficient (Wildman–Crippen LogP) is 5.67. The molecule has 2 aromatic rings. The number of fused-ring (bicyclic) bond motifs is 3. The Labute approximate surface area is 324 Å². The van der Waals surface area contributed by atoms with Crippen molar-refractivity contribution in [2.45, 2.75) is 139 Å².